The van der Waals surface area contributed by atoms with Crippen molar-refractivity contribution in [2.75, 3.05) is 0 Å². The van der Waals surface area contributed by atoms with E-state index in [2.05, 4.69) is 62.5 Å². The number of carbonyl (C=O) groups is 1. The molecule has 3 aromatic carbocycles. The van der Waals surface area contributed by atoms with Crippen molar-refractivity contribution in [2.24, 2.45) is 7.05 Å². The summed E-state index contributed by atoms with van der Waals surface area (Å²) in [5.41, 5.74) is 5.59. The molecule has 4 nitrogen and oxygen atoms in total. The first-order valence-corrected chi connectivity index (χ1v) is 12.1. The molecule has 1 N–H and O–H groups in total. The molecule has 1 atom stereocenters. The molecule has 4 heteroatoms. The second-order valence-electron chi connectivity index (χ2n) is 9.06. The largest absolute Gasteiger partial charge is 0.344 e. The fourth-order valence-corrected chi connectivity index (χ4v) is 4.35. The second kappa shape index (κ2) is 10.5. The topological polar surface area (TPSA) is 46.9 Å². The van der Waals surface area contributed by atoms with Gasteiger partial charge in [0.1, 0.15) is 17.2 Å². The van der Waals surface area contributed by atoms with E-state index in [1.165, 1.54) is 5.56 Å². The Bertz CT molecular complexity index is 1230. The van der Waals surface area contributed by atoms with Crippen LogP contribution >= 0.6 is 0 Å². The fourth-order valence-electron chi connectivity index (χ4n) is 4.35. The lowest BCUT2D eigenvalue weighted by molar-refractivity contribution is 0.0927. The second-order valence-corrected chi connectivity index (χ2v) is 9.06. The Hall–Kier alpha value is -3.66. The van der Waals surface area contributed by atoms with E-state index < -0.39 is 0 Å². The van der Waals surface area contributed by atoms with Gasteiger partial charge in [-0.2, -0.15) is 0 Å². The van der Waals surface area contributed by atoms with Crippen molar-refractivity contribution in [1.82, 2.24) is 14.9 Å². The molecule has 4 rings (SSSR count). The third-order valence-electron chi connectivity index (χ3n) is 6.28. The summed E-state index contributed by atoms with van der Waals surface area (Å²) >= 11 is 0. The van der Waals surface area contributed by atoms with Crippen LogP contribution in [0.5, 0.6) is 0 Å². The van der Waals surface area contributed by atoms with Gasteiger partial charge in [0, 0.05) is 18.2 Å². The first-order chi connectivity index (χ1) is 16.5. The Morgan fingerprint density at radius 3 is 2.06 bits per heavy atom. The highest BCUT2D eigenvalue weighted by molar-refractivity contribution is 5.99. The smallest absolute Gasteiger partial charge is 0.270 e. The van der Waals surface area contributed by atoms with Gasteiger partial charge in [-0.1, -0.05) is 112 Å². The number of benzene rings is 3. The van der Waals surface area contributed by atoms with Crippen LogP contribution in [0.1, 0.15) is 67.2 Å². The third-order valence-corrected chi connectivity index (χ3v) is 6.28. The first-order valence-electron chi connectivity index (χ1n) is 12.1. The SMILES string of the molecule is CCCC(NC(=O)c1c(-c2ccc(C(C)C)cc2)nc(-c2ccccc2)n1C)c1ccccc1. The van der Waals surface area contributed by atoms with Gasteiger partial charge in [0.15, 0.2) is 0 Å². The van der Waals surface area contributed by atoms with Crippen LogP contribution in [0.25, 0.3) is 22.6 Å². The maximum Gasteiger partial charge on any atom is 0.270 e. The van der Waals surface area contributed by atoms with Gasteiger partial charge in [-0.05, 0) is 23.5 Å². The average Bonchev–Trinajstić information content (AvgIpc) is 3.22. The molecule has 1 heterocycles. The van der Waals surface area contributed by atoms with Crippen molar-refractivity contribution in [3.05, 3.63) is 102 Å². The summed E-state index contributed by atoms with van der Waals surface area (Å²) < 4.78 is 1.92. The molecule has 0 aliphatic rings. The molecule has 0 saturated heterocycles. The highest BCUT2D eigenvalue weighted by Crippen LogP contribution is 2.30. The quantitative estimate of drug-likeness (QED) is 0.309. The number of rotatable bonds is 8. The van der Waals surface area contributed by atoms with E-state index in [1.54, 1.807) is 0 Å². The molecule has 0 aliphatic heterocycles. The molecular formula is C30H33N3O. The highest BCUT2D eigenvalue weighted by Gasteiger charge is 2.25. The van der Waals surface area contributed by atoms with Crippen molar-refractivity contribution < 1.29 is 4.79 Å². The molecule has 0 bridgehead atoms. The van der Waals surface area contributed by atoms with Crippen molar-refractivity contribution in [2.45, 2.75) is 45.6 Å². The molecule has 0 radical (unpaired) electrons. The molecule has 1 unspecified atom stereocenters. The third kappa shape index (κ3) is 4.96. The minimum absolute atomic E-state index is 0.0510. The molecule has 0 fully saturated rings. The number of hydrogen-bond donors (Lipinski definition) is 1. The maximum absolute atomic E-state index is 13.8. The summed E-state index contributed by atoms with van der Waals surface area (Å²) in [6, 6.07) is 28.6. The number of aromatic nitrogens is 2. The van der Waals surface area contributed by atoms with Gasteiger partial charge < -0.3 is 9.88 Å². The van der Waals surface area contributed by atoms with Gasteiger partial charge >= 0.3 is 0 Å². The predicted molar refractivity (Wildman–Crippen MR) is 140 cm³/mol. The van der Waals surface area contributed by atoms with Gasteiger partial charge in [-0.25, -0.2) is 4.98 Å². The van der Waals surface area contributed by atoms with Gasteiger partial charge in [0.2, 0.25) is 0 Å². The van der Waals surface area contributed by atoms with Crippen LogP contribution in [0.3, 0.4) is 0 Å². The minimum atomic E-state index is -0.109. The van der Waals surface area contributed by atoms with Crippen molar-refractivity contribution in [3.63, 3.8) is 0 Å². The number of carbonyl (C=O) groups excluding carboxylic acids is 1. The van der Waals surface area contributed by atoms with Gasteiger partial charge in [-0.15, -0.1) is 0 Å². The summed E-state index contributed by atoms with van der Waals surface area (Å²) in [4.78, 5) is 18.7. The van der Waals surface area contributed by atoms with Crippen LogP contribution in [0.15, 0.2) is 84.9 Å². The van der Waals surface area contributed by atoms with Crippen LogP contribution in [0.4, 0.5) is 0 Å². The summed E-state index contributed by atoms with van der Waals surface area (Å²) in [6.45, 7) is 6.50. The molecular weight excluding hydrogens is 418 g/mol. The van der Waals surface area contributed by atoms with E-state index in [9.17, 15) is 4.79 Å². The van der Waals surface area contributed by atoms with Crippen molar-refractivity contribution in [1.29, 1.82) is 0 Å². The standard InChI is InChI=1S/C30H33N3O/c1-5-12-26(23-13-8-6-9-14-23)31-30(34)28-27(24-19-17-22(18-20-24)21(2)3)32-29(33(28)4)25-15-10-7-11-16-25/h6-11,13-21,26H,5,12H2,1-4H3,(H,31,34). The lowest BCUT2D eigenvalue weighted by Crippen LogP contribution is -2.30. The van der Waals surface area contributed by atoms with E-state index in [4.69, 9.17) is 4.98 Å². The Morgan fingerprint density at radius 2 is 1.47 bits per heavy atom. The van der Waals surface area contributed by atoms with Crippen LogP contribution in [-0.4, -0.2) is 15.5 Å². The van der Waals surface area contributed by atoms with Crippen molar-refractivity contribution in [3.8, 4) is 22.6 Å². The molecule has 1 aromatic heterocycles. The van der Waals surface area contributed by atoms with E-state index in [0.717, 1.165) is 35.4 Å². The Balaban J connectivity index is 1.78. The lowest BCUT2D eigenvalue weighted by atomic mass is 9.99. The minimum Gasteiger partial charge on any atom is -0.344 e. The molecule has 34 heavy (non-hydrogen) atoms. The van der Waals surface area contributed by atoms with Crippen LogP contribution in [0, 0.1) is 0 Å². The molecule has 1 amide bonds. The Labute approximate surface area is 202 Å². The summed E-state index contributed by atoms with van der Waals surface area (Å²) in [7, 11) is 1.92. The zero-order chi connectivity index (χ0) is 24.1. The summed E-state index contributed by atoms with van der Waals surface area (Å²) in [5, 5.41) is 3.30. The molecule has 0 spiro atoms. The molecule has 4 aromatic rings. The number of amides is 1. The van der Waals surface area contributed by atoms with Crippen LogP contribution < -0.4 is 5.32 Å². The van der Waals surface area contributed by atoms with Crippen LogP contribution in [0.2, 0.25) is 0 Å². The van der Waals surface area contributed by atoms with Crippen LogP contribution in [-0.2, 0) is 7.05 Å². The molecule has 0 aliphatic carbocycles. The van der Waals surface area contributed by atoms with Gasteiger partial charge in [0.05, 0.1) is 6.04 Å². The highest BCUT2D eigenvalue weighted by atomic mass is 16.2. The maximum atomic E-state index is 13.8. The summed E-state index contributed by atoms with van der Waals surface area (Å²) in [5.74, 6) is 1.11. The summed E-state index contributed by atoms with van der Waals surface area (Å²) in [6.07, 6.45) is 1.85. The number of nitrogens with zero attached hydrogens (tertiary/aromatic N) is 2. The predicted octanol–water partition coefficient (Wildman–Crippen LogP) is 7.15. The molecule has 174 valence electrons. The van der Waals surface area contributed by atoms with Crippen molar-refractivity contribution >= 4 is 5.91 Å². The zero-order valence-electron chi connectivity index (χ0n) is 20.5. The monoisotopic (exact) mass is 451 g/mol. The van der Waals surface area contributed by atoms with Gasteiger partial charge in [-0.3, -0.25) is 4.79 Å². The average molecular weight is 452 g/mol. The zero-order valence-corrected chi connectivity index (χ0v) is 20.5. The Morgan fingerprint density at radius 1 is 0.853 bits per heavy atom. The van der Waals surface area contributed by atoms with E-state index in [-0.39, 0.29) is 11.9 Å². The Kier molecular flexibility index (Phi) is 7.27. The first kappa shape index (κ1) is 23.5. The number of imidazole rings is 1. The fraction of sp³-hybridized carbons (Fsp3) is 0.267. The lowest BCUT2D eigenvalue weighted by Gasteiger charge is -2.19. The van der Waals surface area contributed by atoms with E-state index >= 15 is 0 Å². The number of hydrogen-bond acceptors (Lipinski definition) is 2. The normalized spacial score (nSPS) is 12.0. The molecule has 0 saturated carbocycles. The number of nitrogens with one attached hydrogen (secondary N) is 1. The van der Waals surface area contributed by atoms with E-state index in [1.807, 2.05) is 60.1 Å². The van der Waals surface area contributed by atoms with Gasteiger partial charge in [0.25, 0.3) is 5.91 Å². The van der Waals surface area contributed by atoms with E-state index in [0.29, 0.717) is 17.3 Å².